The van der Waals surface area contributed by atoms with Gasteiger partial charge in [-0.3, -0.25) is 0 Å². The quantitative estimate of drug-likeness (QED) is 0.197. The van der Waals surface area contributed by atoms with E-state index in [1.54, 1.807) is 0 Å². The molecule has 2 N–H and O–H groups in total. The van der Waals surface area contributed by atoms with Crippen LogP contribution >= 0.6 is 11.8 Å². The van der Waals surface area contributed by atoms with Crippen LogP contribution < -0.4 is 0 Å². The molecule has 158 valence electrons. The van der Waals surface area contributed by atoms with Crippen molar-refractivity contribution in [1.29, 1.82) is 0 Å². The monoisotopic (exact) mass is 436 g/mol. The molecule has 31 heavy (non-hydrogen) atoms. The van der Waals surface area contributed by atoms with E-state index in [2.05, 4.69) is 20.2 Å². The second-order valence-corrected chi connectivity index (χ2v) is 7.80. The van der Waals surface area contributed by atoms with E-state index in [0.717, 1.165) is 28.4 Å². The number of nitrogens with one attached hydrogen (secondary N) is 1. The van der Waals surface area contributed by atoms with E-state index in [9.17, 15) is 9.90 Å². The Kier molecular flexibility index (Phi) is 5.77. The molecule has 0 aliphatic carbocycles. The van der Waals surface area contributed by atoms with Crippen LogP contribution in [0.2, 0.25) is 0 Å². The number of esters is 1. The summed E-state index contributed by atoms with van der Waals surface area (Å²) >= 11 is 1.11. The molecule has 2 aromatic carbocycles. The molecule has 0 saturated heterocycles. The topological polar surface area (TPSA) is 114 Å². The van der Waals surface area contributed by atoms with Crippen LogP contribution in [0.25, 0.3) is 28.1 Å². The van der Waals surface area contributed by atoms with Gasteiger partial charge < -0.3 is 19.2 Å². The second-order valence-electron chi connectivity index (χ2n) is 6.88. The summed E-state index contributed by atoms with van der Waals surface area (Å²) in [7, 11) is 1.25. The average Bonchev–Trinajstić information content (AvgIpc) is 3.41. The first-order chi connectivity index (χ1) is 15.0. The van der Waals surface area contributed by atoms with Gasteiger partial charge in [0.1, 0.15) is 17.2 Å². The molecule has 2 aromatic heterocycles. The summed E-state index contributed by atoms with van der Waals surface area (Å²) in [6.45, 7) is 4.05. The van der Waals surface area contributed by atoms with E-state index in [4.69, 9.17) is 9.15 Å². The van der Waals surface area contributed by atoms with E-state index in [-0.39, 0.29) is 28.1 Å². The van der Waals surface area contributed by atoms with E-state index in [1.165, 1.54) is 12.7 Å². The van der Waals surface area contributed by atoms with Crippen LogP contribution in [-0.4, -0.2) is 44.1 Å². The first-order valence-electron chi connectivity index (χ1n) is 9.45. The predicted molar refractivity (Wildman–Crippen MR) is 118 cm³/mol. The lowest BCUT2D eigenvalue weighted by molar-refractivity contribution is -0.133. The molecular weight excluding hydrogens is 416 g/mol. The number of aryl methyl sites for hydroxylation is 2. The summed E-state index contributed by atoms with van der Waals surface area (Å²) in [5.74, 6) is -0.261. The van der Waals surface area contributed by atoms with Crippen molar-refractivity contribution in [2.75, 3.05) is 12.9 Å². The highest BCUT2D eigenvalue weighted by Crippen LogP contribution is 2.28. The molecule has 4 aromatic rings. The fourth-order valence-corrected chi connectivity index (χ4v) is 3.63. The number of hydrogen-bond donors (Lipinski definition) is 2. The Morgan fingerprint density at radius 2 is 1.97 bits per heavy atom. The Labute approximate surface area is 182 Å². The van der Waals surface area contributed by atoms with E-state index in [0.29, 0.717) is 11.4 Å². The van der Waals surface area contributed by atoms with Crippen molar-refractivity contribution in [1.82, 2.24) is 20.2 Å². The van der Waals surface area contributed by atoms with E-state index >= 15 is 0 Å². The molecule has 0 unspecified atom stereocenters. The lowest BCUT2D eigenvalue weighted by Gasteiger charge is -2.06. The Bertz CT molecular complexity index is 1260. The van der Waals surface area contributed by atoms with Gasteiger partial charge in [-0.25, -0.2) is 9.78 Å². The number of rotatable bonds is 6. The van der Waals surface area contributed by atoms with Crippen LogP contribution in [0.5, 0.6) is 0 Å². The second kappa shape index (κ2) is 8.65. The first-order valence-corrected chi connectivity index (χ1v) is 10.4. The fourth-order valence-electron chi connectivity index (χ4n) is 2.99. The molecule has 4 rings (SSSR count). The van der Waals surface area contributed by atoms with Gasteiger partial charge in [0, 0.05) is 5.56 Å². The number of thioether (sulfide) groups is 1. The molecule has 0 fully saturated rings. The summed E-state index contributed by atoms with van der Waals surface area (Å²) in [5.41, 5.74) is 4.50. The number of H-pyrrole nitrogens is 1. The average molecular weight is 436 g/mol. The predicted octanol–water partition coefficient (Wildman–Crippen LogP) is 4.46. The number of aliphatic hydroxyl groups is 1. The van der Waals surface area contributed by atoms with Crippen molar-refractivity contribution in [2.45, 2.75) is 19.1 Å². The van der Waals surface area contributed by atoms with Crippen LogP contribution in [0.15, 0.2) is 57.9 Å². The molecule has 0 spiro atoms. The van der Waals surface area contributed by atoms with Crippen molar-refractivity contribution in [2.24, 2.45) is 0 Å². The molecule has 0 atom stereocenters. The van der Waals surface area contributed by atoms with Crippen molar-refractivity contribution < 1.29 is 19.1 Å². The number of fused-ring (bicyclic) bond motifs is 1. The zero-order valence-corrected chi connectivity index (χ0v) is 18.0. The van der Waals surface area contributed by atoms with Gasteiger partial charge in [-0.1, -0.05) is 30.0 Å². The third-order valence-electron chi connectivity index (χ3n) is 4.80. The maximum atomic E-state index is 12.3. The largest absolute Gasteiger partial charge is 0.510 e. The molecule has 0 aliphatic heterocycles. The highest BCUT2D eigenvalue weighted by molar-refractivity contribution is 7.99. The highest BCUT2D eigenvalue weighted by Gasteiger charge is 2.23. The maximum absolute atomic E-state index is 12.3. The number of para-hydroxylation sites is 2. The number of carbonyl (C=O) groups excluding carboxylic acids is 1. The maximum Gasteiger partial charge on any atom is 0.345 e. The van der Waals surface area contributed by atoms with Crippen LogP contribution in [0.3, 0.4) is 0 Å². The van der Waals surface area contributed by atoms with Gasteiger partial charge in [-0.2, -0.15) is 0 Å². The van der Waals surface area contributed by atoms with Gasteiger partial charge in [0.05, 0.1) is 23.9 Å². The van der Waals surface area contributed by atoms with Crippen molar-refractivity contribution in [3.05, 3.63) is 65.2 Å². The minimum absolute atomic E-state index is 0.0238. The van der Waals surface area contributed by atoms with Crippen molar-refractivity contribution in [3.63, 3.8) is 0 Å². The van der Waals surface area contributed by atoms with Gasteiger partial charge in [-0.15, -0.1) is 10.2 Å². The molecular formula is C22H20N4O4S. The fraction of sp³-hybridized carbons (Fsp3) is 0.182. The summed E-state index contributed by atoms with van der Waals surface area (Å²) in [6, 6.07) is 13.2. The van der Waals surface area contributed by atoms with Gasteiger partial charge >= 0.3 is 5.97 Å². The minimum Gasteiger partial charge on any atom is -0.510 e. The van der Waals surface area contributed by atoms with Gasteiger partial charge in [-0.05, 0) is 49.2 Å². The van der Waals surface area contributed by atoms with Crippen LogP contribution in [0.4, 0.5) is 0 Å². The number of aliphatic hydroxyl groups excluding tert-OH is 1. The summed E-state index contributed by atoms with van der Waals surface area (Å²) in [4.78, 5) is 19.7. The number of aromatic amines is 1. The third kappa shape index (κ3) is 4.31. The Hall–Kier alpha value is -3.59. The zero-order valence-electron chi connectivity index (χ0n) is 17.2. The molecule has 9 heteroatoms. The SMILES string of the molecule is COC(=O)/C(=C(/O)CSc1nnc(-c2ccc(C)c(C)c2)o1)c1nc2ccccc2[nH]1. The molecule has 0 amide bonds. The number of carbonyl (C=O) groups is 1. The van der Waals surface area contributed by atoms with Gasteiger partial charge in [0.25, 0.3) is 5.22 Å². The van der Waals surface area contributed by atoms with Crippen LogP contribution in [-0.2, 0) is 9.53 Å². The molecule has 8 nitrogen and oxygen atoms in total. The zero-order chi connectivity index (χ0) is 22.0. The van der Waals surface area contributed by atoms with E-state index < -0.39 is 5.97 Å². The third-order valence-corrected chi connectivity index (χ3v) is 5.63. The summed E-state index contributed by atoms with van der Waals surface area (Å²) in [6.07, 6.45) is 0. The number of aromatic nitrogens is 4. The van der Waals surface area contributed by atoms with Crippen molar-refractivity contribution >= 4 is 34.3 Å². The smallest absolute Gasteiger partial charge is 0.345 e. The number of hydrogen-bond acceptors (Lipinski definition) is 8. The first kappa shape index (κ1) is 20.7. The van der Waals surface area contributed by atoms with E-state index in [1.807, 2.05) is 56.3 Å². The number of methoxy groups -OCH3 is 1. The van der Waals surface area contributed by atoms with Crippen molar-refractivity contribution in [3.8, 4) is 11.5 Å². The summed E-state index contributed by atoms with van der Waals surface area (Å²) in [5, 5.41) is 19.0. The molecule has 0 radical (unpaired) electrons. The van der Waals surface area contributed by atoms with Gasteiger partial charge in [0.2, 0.25) is 5.89 Å². The lowest BCUT2D eigenvalue weighted by Crippen LogP contribution is -2.09. The Morgan fingerprint density at radius 3 is 2.71 bits per heavy atom. The Balaban J connectivity index is 1.57. The molecule has 0 bridgehead atoms. The molecule has 2 heterocycles. The number of nitrogens with zero attached hydrogens (tertiary/aromatic N) is 3. The van der Waals surface area contributed by atoms with Crippen LogP contribution in [0.1, 0.15) is 17.0 Å². The summed E-state index contributed by atoms with van der Waals surface area (Å²) < 4.78 is 10.5. The highest BCUT2D eigenvalue weighted by atomic mass is 32.2. The van der Waals surface area contributed by atoms with Gasteiger partial charge in [0.15, 0.2) is 0 Å². The molecule has 0 saturated carbocycles. The number of ether oxygens (including phenoxy) is 1. The number of benzene rings is 2. The minimum atomic E-state index is -0.696. The normalized spacial score (nSPS) is 12.1. The van der Waals surface area contributed by atoms with Crippen LogP contribution in [0, 0.1) is 13.8 Å². The Morgan fingerprint density at radius 1 is 1.16 bits per heavy atom. The standard InChI is InChI=1S/C22H20N4O4S/c1-12-8-9-14(10-13(12)2)20-25-26-22(30-20)31-11-17(27)18(21(28)29-3)19-23-15-6-4-5-7-16(15)24-19/h4-10,27H,11H2,1-3H3,(H,23,24)/b18-17+. The lowest BCUT2D eigenvalue weighted by atomic mass is 10.1. The number of imidazole rings is 1. The molecule has 0 aliphatic rings.